The molecular weight excluding hydrogens is 332 g/mol. The van der Waals surface area contributed by atoms with E-state index in [2.05, 4.69) is 5.32 Å². The lowest BCUT2D eigenvalue weighted by molar-refractivity contribution is 0.0939. The topological polar surface area (TPSA) is 72.2 Å². The summed E-state index contributed by atoms with van der Waals surface area (Å²) >= 11 is 1.28. The van der Waals surface area contributed by atoms with Crippen molar-refractivity contribution in [2.45, 2.75) is 13.0 Å². The van der Waals surface area contributed by atoms with Crippen molar-refractivity contribution in [1.82, 2.24) is 5.32 Å². The summed E-state index contributed by atoms with van der Waals surface area (Å²) in [6, 6.07) is 19.0. The van der Waals surface area contributed by atoms with Crippen LogP contribution in [-0.2, 0) is 0 Å². The van der Waals surface area contributed by atoms with Gasteiger partial charge in [0.2, 0.25) is 0 Å². The van der Waals surface area contributed by atoms with Crippen LogP contribution in [0, 0.1) is 0 Å². The number of hydrogen-bond donors (Lipinski definition) is 2. The van der Waals surface area contributed by atoms with Crippen LogP contribution in [-0.4, -0.2) is 11.8 Å². The zero-order valence-corrected chi connectivity index (χ0v) is 14.5. The summed E-state index contributed by atoms with van der Waals surface area (Å²) in [5.41, 5.74) is 8.90. The molecule has 0 saturated carbocycles. The van der Waals surface area contributed by atoms with Crippen LogP contribution in [0.3, 0.4) is 0 Å². The van der Waals surface area contributed by atoms with Crippen LogP contribution in [0.2, 0.25) is 0 Å². The average Bonchev–Trinajstić information content (AvgIpc) is 3.13. The molecule has 0 aliphatic carbocycles. The van der Waals surface area contributed by atoms with E-state index in [1.807, 2.05) is 66.9 Å². The molecular formula is C20H18N2O2S. The number of thiophene rings is 1. The van der Waals surface area contributed by atoms with Crippen LogP contribution < -0.4 is 11.1 Å². The first-order valence-corrected chi connectivity index (χ1v) is 8.77. The monoisotopic (exact) mass is 350 g/mol. The number of amides is 2. The van der Waals surface area contributed by atoms with Gasteiger partial charge in [-0.2, -0.15) is 0 Å². The van der Waals surface area contributed by atoms with E-state index in [0.29, 0.717) is 10.4 Å². The highest BCUT2D eigenvalue weighted by molar-refractivity contribution is 7.12. The highest BCUT2D eigenvalue weighted by atomic mass is 32.1. The lowest BCUT2D eigenvalue weighted by atomic mass is 10.0. The molecule has 3 N–H and O–H groups in total. The summed E-state index contributed by atoms with van der Waals surface area (Å²) in [5.74, 6) is -0.606. The number of nitrogens with one attached hydrogen (secondary N) is 1. The van der Waals surface area contributed by atoms with E-state index in [0.717, 1.165) is 16.7 Å². The smallest absolute Gasteiger partial charge is 0.258 e. The molecule has 4 nitrogen and oxygen atoms in total. The van der Waals surface area contributed by atoms with Crippen molar-refractivity contribution in [1.29, 1.82) is 0 Å². The molecule has 3 rings (SSSR count). The fraction of sp³-hybridized carbons (Fsp3) is 0.100. The zero-order valence-electron chi connectivity index (χ0n) is 13.7. The first kappa shape index (κ1) is 16.9. The average molecular weight is 350 g/mol. The molecule has 2 aromatic carbocycles. The Morgan fingerprint density at radius 2 is 1.64 bits per heavy atom. The summed E-state index contributed by atoms with van der Waals surface area (Å²) in [6.07, 6.45) is 0. The van der Waals surface area contributed by atoms with Crippen LogP contribution >= 0.6 is 11.3 Å². The molecule has 0 aliphatic heterocycles. The Bertz CT molecular complexity index is 886. The van der Waals surface area contributed by atoms with Crippen molar-refractivity contribution in [2.75, 3.05) is 0 Å². The molecule has 126 valence electrons. The van der Waals surface area contributed by atoms with Gasteiger partial charge >= 0.3 is 0 Å². The summed E-state index contributed by atoms with van der Waals surface area (Å²) < 4.78 is 0. The number of rotatable bonds is 5. The van der Waals surface area contributed by atoms with E-state index < -0.39 is 5.91 Å². The van der Waals surface area contributed by atoms with Gasteiger partial charge in [-0.1, -0.05) is 42.5 Å². The molecule has 0 fully saturated rings. The van der Waals surface area contributed by atoms with Crippen LogP contribution in [0.5, 0.6) is 0 Å². The third kappa shape index (κ3) is 3.95. The molecule has 5 heteroatoms. The van der Waals surface area contributed by atoms with E-state index >= 15 is 0 Å². The number of hydrogen-bond acceptors (Lipinski definition) is 3. The largest absolute Gasteiger partial charge is 0.365 e. The van der Waals surface area contributed by atoms with Crippen LogP contribution in [0.25, 0.3) is 11.1 Å². The third-order valence-corrected chi connectivity index (χ3v) is 4.93. The van der Waals surface area contributed by atoms with Crippen molar-refractivity contribution in [3.05, 3.63) is 82.0 Å². The van der Waals surface area contributed by atoms with E-state index in [1.54, 1.807) is 6.07 Å². The lowest BCUT2D eigenvalue weighted by Gasteiger charge is -2.13. The molecule has 0 saturated heterocycles. The van der Waals surface area contributed by atoms with Gasteiger partial charge in [0.05, 0.1) is 10.9 Å². The fourth-order valence-corrected chi connectivity index (χ4v) is 3.37. The number of nitrogens with two attached hydrogens (primary N) is 1. The Balaban J connectivity index is 1.69. The van der Waals surface area contributed by atoms with Crippen molar-refractivity contribution in [2.24, 2.45) is 5.73 Å². The lowest BCUT2D eigenvalue weighted by Crippen LogP contribution is -2.26. The maximum absolute atomic E-state index is 12.4. The van der Waals surface area contributed by atoms with Crippen molar-refractivity contribution in [3.63, 3.8) is 0 Å². The Kier molecular flexibility index (Phi) is 4.95. The molecule has 1 unspecified atom stereocenters. The summed E-state index contributed by atoms with van der Waals surface area (Å²) in [5, 5.41) is 4.78. The van der Waals surface area contributed by atoms with Gasteiger partial charge in [0.1, 0.15) is 0 Å². The first-order chi connectivity index (χ1) is 12.0. The van der Waals surface area contributed by atoms with Gasteiger partial charge in [0, 0.05) is 5.56 Å². The predicted octanol–water partition coefficient (Wildman–Crippen LogP) is 4.01. The Morgan fingerprint density at radius 3 is 2.24 bits per heavy atom. The van der Waals surface area contributed by atoms with Gasteiger partial charge in [-0.05, 0) is 47.2 Å². The molecule has 0 bridgehead atoms. The second-order valence-electron chi connectivity index (χ2n) is 5.75. The van der Waals surface area contributed by atoms with Crippen LogP contribution in [0.4, 0.5) is 0 Å². The quantitative estimate of drug-likeness (QED) is 0.730. The van der Waals surface area contributed by atoms with Crippen molar-refractivity contribution in [3.8, 4) is 11.1 Å². The minimum absolute atomic E-state index is 0.154. The summed E-state index contributed by atoms with van der Waals surface area (Å²) in [7, 11) is 0. The van der Waals surface area contributed by atoms with Crippen molar-refractivity contribution < 1.29 is 9.59 Å². The Labute approximate surface area is 150 Å². The first-order valence-electron chi connectivity index (χ1n) is 7.89. The highest BCUT2D eigenvalue weighted by Crippen LogP contribution is 2.22. The second kappa shape index (κ2) is 7.32. The highest BCUT2D eigenvalue weighted by Gasteiger charge is 2.14. The number of primary amides is 1. The minimum Gasteiger partial charge on any atom is -0.365 e. The van der Waals surface area contributed by atoms with E-state index in [4.69, 9.17) is 5.73 Å². The SMILES string of the molecule is CC(NC(=O)c1ccc(-c2ccccc2)cc1)c1csc(C(N)=O)c1. The zero-order chi connectivity index (χ0) is 17.8. The Hall–Kier alpha value is -2.92. The minimum atomic E-state index is -0.453. The van der Waals surface area contributed by atoms with Crippen molar-refractivity contribution >= 4 is 23.2 Å². The van der Waals surface area contributed by atoms with Gasteiger partial charge in [0.25, 0.3) is 11.8 Å². The molecule has 0 spiro atoms. The van der Waals surface area contributed by atoms with Gasteiger partial charge < -0.3 is 11.1 Å². The van der Waals surface area contributed by atoms with Crippen LogP contribution in [0.15, 0.2) is 66.0 Å². The summed E-state index contributed by atoms with van der Waals surface area (Å²) in [4.78, 5) is 24.1. The van der Waals surface area contributed by atoms with E-state index in [-0.39, 0.29) is 11.9 Å². The standard InChI is InChI=1S/C20H18N2O2S/c1-13(17-11-18(19(21)23)25-12-17)22-20(24)16-9-7-15(8-10-16)14-5-3-2-4-6-14/h2-13H,1H3,(H2,21,23)(H,22,24). The molecule has 0 radical (unpaired) electrons. The molecule has 0 aliphatic rings. The molecule has 1 atom stereocenters. The van der Waals surface area contributed by atoms with Gasteiger partial charge in [-0.3, -0.25) is 9.59 Å². The maximum Gasteiger partial charge on any atom is 0.258 e. The third-order valence-electron chi connectivity index (χ3n) is 3.96. The van der Waals surface area contributed by atoms with E-state index in [1.165, 1.54) is 11.3 Å². The maximum atomic E-state index is 12.4. The number of carbonyl (C=O) groups excluding carboxylic acids is 2. The van der Waals surface area contributed by atoms with Gasteiger partial charge in [0.15, 0.2) is 0 Å². The molecule has 2 amide bonds. The van der Waals surface area contributed by atoms with Crippen LogP contribution in [0.1, 0.15) is 38.6 Å². The fourth-order valence-electron chi connectivity index (χ4n) is 2.52. The Morgan fingerprint density at radius 1 is 1.00 bits per heavy atom. The van der Waals surface area contributed by atoms with Gasteiger partial charge in [-0.25, -0.2) is 0 Å². The summed E-state index contributed by atoms with van der Waals surface area (Å²) in [6.45, 7) is 1.88. The normalized spacial score (nSPS) is 11.7. The van der Waals surface area contributed by atoms with Gasteiger partial charge in [-0.15, -0.1) is 11.3 Å². The number of benzene rings is 2. The second-order valence-corrected chi connectivity index (χ2v) is 6.66. The number of carbonyl (C=O) groups is 2. The molecule has 3 aromatic rings. The molecule has 1 aromatic heterocycles. The van der Waals surface area contributed by atoms with E-state index in [9.17, 15) is 9.59 Å². The predicted molar refractivity (Wildman–Crippen MR) is 101 cm³/mol. The molecule has 1 heterocycles. The molecule has 25 heavy (non-hydrogen) atoms.